The van der Waals surface area contributed by atoms with E-state index in [-0.39, 0.29) is 5.91 Å². The van der Waals surface area contributed by atoms with Crippen molar-refractivity contribution in [2.24, 2.45) is 0 Å². The molecule has 4 heteroatoms. The lowest BCUT2D eigenvalue weighted by Crippen LogP contribution is -2.40. The highest BCUT2D eigenvalue weighted by Gasteiger charge is 2.32. The lowest BCUT2D eigenvalue weighted by molar-refractivity contribution is -0.174. The van der Waals surface area contributed by atoms with E-state index in [9.17, 15) is 9.90 Å². The van der Waals surface area contributed by atoms with E-state index in [2.05, 4.69) is 0 Å². The fourth-order valence-electron chi connectivity index (χ4n) is 1.96. The van der Waals surface area contributed by atoms with Crippen molar-refractivity contribution < 1.29 is 14.7 Å². The number of rotatable bonds is 5. The third-order valence-electron chi connectivity index (χ3n) is 3.50. The number of amides is 1. The van der Waals surface area contributed by atoms with Gasteiger partial charge in [-0.25, -0.2) is 5.06 Å². The number of nitrogens with zero attached hydrogens (tertiary/aromatic N) is 1. The van der Waals surface area contributed by atoms with Gasteiger partial charge in [-0.3, -0.25) is 9.63 Å². The summed E-state index contributed by atoms with van der Waals surface area (Å²) in [5, 5.41) is 11.0. The van der Waals surface area contributed by atoms with Crippen LogP contribution >= 0.6 is 0 Å². The van der Waals surface area contributed by atoms with Crippen LogP contribution in [0.2, 0.25) is 0 Å². The molecule has 19 heavy (non-hydrogen) atoms. The second-order valence-corrected chi connectivity index (χ2v) is 5.16. The Balaban J connectivity index is 2.99. The molecule has 0 aromatic heterocycles. The van der Waals surface area contributed by atoms with Crippen LogP contribution in [0.1, 0.15) is 44.4 Å². The highest BCUT2D eigenvalue weighted by Crippen LogP contribution is 2.27. The van der Waals surface area contributed by atoms with E-state index in [1.807, 2.05) is 45.0 Å². The van der Waals surface area contributed by atoms with Crippen molar-refractivity contribution in [2.75, 3.05) is 14.2 Å². The average molecular weight is 265 g/mol. The van der Waals surface area contributed by atoms with Gasteiger partial charge in [0.1, 0.15) is 0 Å². The number of aliphatic hydroxyl groups excluding tert-OH is 1. The Hall–Kier alpha value is -1.39. The summed E-state index contributed by atoms with van der Waals surface area (Å²) in [5.41, 5.74) is 1.10. The summed E-state index contributed by atoms with van der Waals surface area (Å²) in [6.45, 7) is 5.64. The van der Waals surface area contributed by atoms with Gasteiger partial charge in [0.05, 0.1) is 18.6 Å². The first-order chi connectivity index (χ1) is 8.84. The molecule has 0 radical (unpaired) electrons. The number of hydroxylamine groups is 2. The summed E-state index contributed by atoms with van der Waals surface area (Å²) >= 11 is 0. The van der Waals surface area contributed by atoms with E-state index in [0.29, 0.717) is 6.42 Å². The minimum Gasteiger partial charge on any atom is -0.388 e. The maximum Gasteiger partial charge on any atom is 0.255 e. The Bertz CT molecular complexity index is 426. The van der Waals surface area contributed by atoms with Gasteiger partial charge in [0, 0.05) is 7.05 Å². The number of aliphatic hydroxyl groups is 1. The van der Waals surface area contributed by atoms with Crippen molar-refractivity contribution in [3.8, 4) is 0 Å². The quantitative estimate of drug-likeness (QED) is 0.832. The second-order valence-electron chi connectivity index (χ2n) is 5.16. The number of benzene rings is 1. The SMILES string of the molecule is CCC(O)c1ccc(C(C)(C)C(=O)N(C)OC)cc1. The molecular formula is C15H23NO3. The van der Waals surface area contributed by atoms with Crippen LogP contribution in [0.25, 0.3) is 0 Å². The average Bonchev–Trinajstić information content (AvgIpc) is 2.44. The van der Waals surface area contributed by atoms with E-state index in [1.165, 1.54) is 12.2 Å². The lowest BCUT2D eigenvalue weighted by Gasteiger charge is -2.28. The van der Waals surface area contributed by atoms with Gasteiger partial charge in [-0.15, -0.1) is 0 Å². The molecule has 0 aliphatic rings. The highest BCUT2D eigenvalue weighted by atomic mass is 16.7. The first-order valence-corrected chi connectivity index (χ1v) is 6.45. The first kappa shape index (κ1) is 15.7. The predicted octanol–water partition coefficient (Wildman–Crippen LogP) is 2.43. The van der Waals surface area contributed by atoms with Crippen LogP contribution < -0.4 is 0 Å². The molecule has 1 N–H and O–H groups in total. The zero-order valence-electron chi connectivity index (χ0n) is 12.3. The topological polar surface area (TPSA) is 49.8 Å². The summed E-state index contributed by atoms with van der Waals surface area (Å²) in [4.78, 5) is 17.2. The van der Waals surface area contributed by atoms with Crippen molar-refractivity contribution in [3.05, 3.63) is 35.4 Å². The van der Waals surface area contributed by atoms with E-state index in [4.69, 9.17) is 4.84 Å². The van der Waals surface area contributed by atoms with Crippen LogP contribution in [0.5, 0.6) is 0 Å². The van der Waals surface area contributed by atoms with Gasteiger partial charge >= 0.3 is 0 Å². The normalized spacial score (nSPS) is 13.2. The van der Waals surface area contributed by atoms with Crippen molar-refractivity contribution in [1.29, 1.82) is 0 Å². The fraction of sp³-hybridized carbons (Fsp3) is 0.533. The van der Waals surface area contributed by atoms with Gasteiger partial charge < -0.3 is 5.11 Å². The van der Waals surface area contributed by atoms with Crippen LogP contribution in [0, 0.1) is 0 Å². The number of hydrogen-bond acceptors (Lipinski definition) is 3. The molecule has 1 aromatic carbocycles. The van der Waals surface area contributed by atoms with Crippen LogP contribution in [-0.4, -0.2) is 30.2 Å². The molecule has 0 bridgehead atoms. The van der Waals surface area contributed by atoms with Crippen molar-refractivity contribution in [1.82, 2.24) is 5.06 Å². The summed E-state index contributed by atoms with van der Waals surface area (Å²) < 4.78 is 0. The Morgan fingerprint density at radius 3 is 2.32 bits per heavy atom. The summed E-state index contributed by atoms with van der Waals surface area (Å²) in [6, 6.07) is 7.50. The molecule has 1 rings (SSSR count). The summed E-state index contributed by atoms with van der Waals surface area (Å²) in [5.74, 6) is -0.112. The number of hydrogen-bond donors (Lipinski definition) is 1. The monoisotopic (exact) mass is 265 g/mol. The van der Waals surface area contributed by atoms with Gasteiger partial charge in [0.2, 0.25) is 0 Å². The number of carbonyl (C=O) groups is 1. The van der Waals surface area contributed by atoms with Crippen LogP contribution in [0.15, 0.2) is 24.3 Å². The molecule has 1 aromatic rings. The van der Waals surface area contributed by atoms with Crippen molar-refractivity contribution in [3.63, 3.8) is 0 Å². The molecule has 1 atom stereocenters. The van der Waals surface area contributed by atoms with E-state index in [1.54, 1.807) is 7.05 Å². The molecule has 0 heterocycles. The molecule has 4 nitrogen and oxygen atoms in total. The molecule has 1 unspecified atom stereocenters. The standard InChI is InChI=1S/C15H23NO3/c1-6-13(17)11-7-9-12(10-8-11)15(2,3)14(18)16(4)19-5/h7-10,13,17H,6H2,1-5H3. The van der Waals surface area contributed by atoms with E-state index < -0.39 is 11.5 Å². The van der Waals surface area contributed by atoms with Gasteiger partial charge in [-0.1, -0.05) is 31.2 Å². The molecule has 106 valence electrons. The molecule has 0 spiro atoms. The van der Waals surface area contributed by atoms with E-state index in [0.717, 1.165) is 11.1 Å². The van der Waals surface area contributed by atoms with Gasteiger partial charge in [0.15, 0.2) is 0 Å². The van der Waals surface area contributed by atoms with Crippen molar-refractivity contribution >= 4 is 5.91 Å². The molecule has 0 fully saturated rings. The third-order valence-corrected chi connectivity index (χ3v) is 3.50. The Labute approximate surface area is 114 Å². The van der Waals surface area contributed by atoms with Crippen LogP contribution in [-0.2, 0) is 15.0 Å². The second kappa shape index (κ2) is 6.17. The summed E-state index contributed by atoms with van der Waals surface area (Å²) in [6.07, 6.45) is 0.225. The number of carbonyl (C=O) groups excluding carboxylic acids is 1. The molecule has 0 aliphatic carbocycles. The Kier molecular flexibility index (Phi) is 5.09. The van der Waals surface area contributed by atoms with Crippen molar-refractivity contribution in [2.45, 2.75) is 38.7 Å². The molecular weight excluding hydrogens is 242 g/mol. The molecule has 0 saturated carbocycles. The minimum atomic E-state index is -0.666. The molecule has 0 saturated heterocycles. The zero-order chi connectivity index (χ0) is 14.6. The minimum absolute atomic E-state index is 0.112. The van der Waals surface area contributed by atoms with Crippen LogP contribution in [0.4, 0.5) is 0 Å². The van der Waals surface area contributed by atoms with Crippen LogP contribution in [0.3, 0.4) is 0 Å². The van der Waals surface area contributed by atoms with Gasteiger partial charge in [0.25, 0.3) is 5.91 Å². The third kappa shape index (κ3) is 3.33. The Morgan fingerprint density at radius 1 is 1.37 bits per heavy atom. The largest absolute Gasteiger partial charge is 0.388 e. The first-order valence-electron chi connectivity index (χ1n) is 6.45. The predicted molar refractivity (Wildman–Crippen MR) is 74.5 cm³/mol. The lowest BCUT2D eigenvalue weighted by atomic mass is 9.83. The highest BCUT2D eigenvalue weighted by molar-refractivity contribution is 5.86. The molecule has 0 aliphatic heterocycles. The maximum absolute atomic E-state index is 12.2. The maximum atomic E-state index is 12.2. The zero-order valence-corrected chi connectivity index (χ0v) is 12.3. The fourth-order valence-corrected chi connectivity index (χ4v) is 1.96. The van der Waals surface area contributed by atoms with Gasteiger partial charge in [-0.2, -0.15) is 0 Å². The molecule has 1 amide bonds. The van der Waals surface area contributed by atoms with Gasteiger partial charge in [-0.05, 0) is 31.4 Å². The van der Waals surface area contributed by atoms with E-state index >= 15 is 0 Å². The smallest absolute Gasteiger partial charge is 0.255 e. The Morgan fingerprint density at radius 2 is 1.89 bits per heavy atom. The summed E-state index contributed by atoms with van der Waals surface area (Å²) in [7, 11) is 3.06. The number of likely N-dealkylation sites (N-methyl/N-ethyl adjacent to an activating group) is 1.